The summed E-state index contributed by atoms with van der Waals surface area (Å²) in [5.41, 5.74) is 2.25. The highest BCUT2D eigenvalue weighted by atomic mass is 16.1. The number of hydrogen-bond donors (Lipinski definition) is 0. The molecule has 2 heterocycles. The fourth-order valence-electron chi connectivity index (χ4n) is 3.05. The van der Waals surface area contributed by atoms with Gasteiger partial charge in [-0.25, -0.2) is 14.6 Å². The molecule has 1 aliphatic rings. The van der Waals surface area contributed by atoms with Crippen LogP contribution in [0.2, 0.25) is 0 Å². The predicted octanol–water partition coefficient (Wildman–Crippen LogP) is 2.47. The van der Waals surface area contributed by atoms with Gasteiger partial charge in [-0.15, -0.1) is 0 Å². The lowest BCUT2D eigenvalue weighted by atomic mass is 9.81. The van der Waals surface area contributed by atoms with Crippen LogP contribution in [0.25, 0.3) is 5.82 Å². The van der Waals surface area contributed by atoms with E-state index >= 15 is 0 Å². The van der Waals surface area contributed by atoms with E-state index in [0.29, 0.717) is 35.0 Å². The number of ketones is 2. The second kappa shape index (κ2) is 5.87. The Bertz CT molecular complexity index is 806. The quantitative estimate of drug-likeness (QED) is 0.643. The van der Waals surface area contributed by atoms with Crippen molar-refractivity contribution in [2.45, 2.75) is 33.6 Å². The second-order valence-electron chi connectivity index (χ2n) is 6.06. The average molecular weight is 310 g/mol. The van der Waals surface area contributed by atoms with Crippen LogP contribution in [0, 0.1) is 12.8 Å². The molecule has 0 radical (unpaired) electrons. The molecule has 23 heavy (non-hydrogen) atoms. The van der Waals surface area contributed by atoms with Crippen molar-refractivity contribution in [2.75, 3.05) is 0 Å². The summed E-state index contributed by atoms with van der Waals surface area (Å²) in [5.74, 6) is 0.597. The Labute approximate surface area is 134 Å². The van der Waals surface area contributed by atoms with Crippen LogP contribution in [0.1, 0.15) is 42.7 Å². The SMILES string of the molecule is CC1=C(C(=O)c2ccc(-n3cncn3)nc2C)C(=O)CC(C)C1. The third kappa shape index (κ3) is 2.84. The van der Waals surface area contributed by atoms with E-state index in [2.05, 4.69) is 15.1 Å². The highest BCUT2D eigenvalue weighted by molar-refractivity contribution is 6.27. The fraction of sp³-hybridized carbons (Fsp3) is 0.353. The Balaban J connectivity index is 1.97. The van der Waals surface area contributed by atoms with Crippen LogP contribution in [0.4, 0.5) is 0 Å². The highest BCUT2D eigenvalue weighted by Crippen LogP contribution is 2.29. The summed E-state index contributed by atoms with van der Waals surface area (Å²) in [6, 6.07) is 3.41. The van der Waals surface area contributed by atoms with Crippen molar-refractivity contribution < 1.29 is 9.59 Å². The van der Waals surface area contributed by atoms with Crippen molar-refractivity contribution in [3.05, 3.63) is 47.2 Å². The van der Waals surface area contributed by atoms with Crippen LogP contribution in [-0.4, -0.2) is 31.3 Å². The Hall–Kier alpha value is -2.63. The summed E-state index contributed by atoms with van der Waals surface area (Å²) in [6.45, 7) is 5.66. The van der Waals surface area contributed by atoms with E-state index < -0.39 is 0 Å². The van der Waals surface area contributed by atoms with Gasteiger partial charge in [0.05, 0.1) is 11.3 Å². The third-order valence-corrected chi connectivity index (χ3v) is 4.09. The fourth-order valence-corrected chi connectivity index (χ4v) is 3.05. The van der Waals surface area contributed by atoms with Crippen LogP contribution in [-0.2, 0) is 4.79 Å². The van der Waals surface area contributed by atoms with Crippen LogP contribution in [0.5, 0.6) is 0 Å². The first-order chi connectivity index (χ1) is 11.0. The molecule has 6 nitrogen and oxygen atoms in total. The molecule has 0 saturated heterocycles. The van der Waals surface area contributed by atoms with Gasteiger partial charge in [0.2, 0.25) is 0 Å². The zero-order valence-electron chi connectivity index (χ0n) is 13.4. The first kappa shape index (κ1) is 15.3. The summed E-state index contributed by atoms with van der Waals surface area (Å²) in [4.78, 5) is 33.3. The van der Waals surface area contributed by atoms with E-state index in [1.54, 1.807) is 25.4 Å². The molecule has 1 unspecified atom stereocenters. The van der Waals surface area contributed by atoms with Gasteiger partial charge >= 0.3 is 0 Å². The summed E-state index contributed by atoms with van der Waals surface area (Å²) < 4.78 is 1.53. The van der Waals surface area contributed by atoms with E-state index in [4.69, 9.17) is 0 Å². The van der Waals surface area contributed by atoms with Crippen LogP contribution in [0.3, 0.4) is 0 Å². The number of carbonyl (C=O) groups excluding carboxylic acids is 2. The Morgan fingerprint density at radius 3 is 2.65 bits per heavy atom. The zero-order chi connectivity index (χ0) is 16.6. The monoisotopic (exact) mass is 310 g/mol. The van der Waals surface area contributed by atoms with Gasteiger partial charge in [0.25, 0.3) is 0 Å². The van der Waals surface area contributed by atoms with Gasteiger partial charge in [0.15, 0.2) is 17.4 Å². The van der Waals surface area contributed by atoms with Gasteiger partial charge in [0, 0.05) is 12.0 Å². The van der Waals surface area contributed by atoms with Gasteiger partial charge < -0.3 is 0 Å². The van der Waals surface area contributed by atoms with Crippen molar-refractivity contribution in [2.24, 2.45) is 5.92 Å². The molecule has 0 N–H and O–H groups in total. The smallest absolute Gasteiger partial charge is 0.198 e. The van der Waals surface area contributed by atoms with Gasteiger partial charge in [-0.05, 0) is 38.3 Å². The van der Waals surface area contributed by atoms with Gasteiger partial charge in [-0.2, -0.15) is 5.10 Å². The molecule has 0 spiro atoms. The molecule has 0 saturated carbocycles. The molecule has 0 aliphatic heterocycles. The molecule has 6 heteroatoms. The minimum atomic E-state index is -0.227. The largest absolute Gasteiger partial charge is 0.294 e. The topological polar surface area (TPSA) is 77.7 Å². The second-order valence-corrected chi connectivity index (χ2v) is 6.06. The van der Waals surface area contributed by atoms with E-state index in [-0.39, 0.29) is 11.6 Å². The number of Topliss-reactive ketones (excluding diaryl/α,β-unsaturated/α-hetero) is 2. The summed E-state index contributed by atoms with van der Waals surface area (Å²) in [5, 5.41) is 4.02. The molecule has 3 rings (SSSR count). The van der Waals surface area contributed by atoms with Crippen molar-refractivity contribution in [3.8, 4) is 5.82 Å². The van der Waals surface area contributed by atoms with Crippen molar-refractivity contribution in [3.63, 3.8) is 0 Å². The molecule has 0 fully saturated rings. The van der Waals surface area contributed by atoms with Crippen LogP contribution < -0.4 is 0 Å². The number of hydrogen-bond acceptors (Lipinski definition) is 5. The zero-order valence-corrected chi connectivity index (χ0v) is 13.4. The average Bonchev–Trinajstić information content (AvgIpc) is 3.00. The van der Waals surface area contributed by atoms with E-state index in [0.717, 1.165) is 12.0 Å². The number of carbonyl (C=O) groups is 2. The van der Waals surface area contributed by atoms with Crippen molar-refractivity contribution in [1.82, 2.24) is 19.7 Å². The number of allylic oxidation sites excluding steroid dienone is 2. The first-order valence-corrected chi connectivity index (χ1v) is 7.57. The van der Waals surface area contributed by atoms with Gasteiger partial charge in [0.1, 0.15) is 12.7 Å². The summed E-state index contributed by atoms with van der Waals surface area (Å²) in [6.07, 6.45) is 4.19. The van der Waals surface area contributed by atoms with Gasteiger partial charge in [-0.3, -0.25) is 9.59 Å². The number of nitrogens with zero attached hydrogens (tertiary/aromatic N) is 4. The molecule has 118 valence electrons. The maximum absolute atomic E-state index is 12.8. The lowest BCUT2D eigenvalue weighted by molar-refractivity contribution is -0.116. The summed E-state index contributed by atoms with van der Waals surface area (Å²) in [7, 11) is 0. The summed E-state index contributed by atoms with van der Waals surface area (Å²) >= 11 is 0. The highest BCUT2D eigenvalue weighted by Gasteiger charge is 2.29. The third-order valence-electron chi connectivity index (χ3n) is 4.09. The molecular weight excluding hydrogens is 292 g/mol. The lowest BCUT2D eigenvalue weighted by Gasteiger charge is -2.21. The molecule has 0 aromatic carbocycles. The number of pyridine rings is 1. The molecule has 1 atom stereocenters. The number of rotatable bonds is 3. The Kier molecular flexibility index (Phi) is 3.90. The standard InChI is InChI=1S/C17H18N4O2/c1-10-6-11(2)16(14(22)7-10)17(23)13-4-5-15(20-12(13)3)21-9-18-8-19-21/h4-5,8-10H,6-7H2,1-3H3. The van der Waals surface area contributed by atoms with E-state index in [1.165, 1.54) is 11.0 Å². The Morgan fingerprint density at radius 1 is 1.26 bits per heavy atom. The molecule has 1 aliphatic carbocycles. The lowest BCUT2D eigenvalue weighted by Crippen LogP contribution is -2.23. The molecular formula is C17H18N4O2. The maximum atomic E-state index is 12.8. The van der Waals surface area contributed by atoms with Crippen molar-refractivity contribution >= 4 is 11.6 Å². The number of aromatic nitrogens is 4. The van der Waals surface area contributed by atoms with Gasteiger partial charge in [-0.1, -0.05) is 12.5 Å². The maximum Gasteiger partial charge on any atom is 0.198 e. The molecule has 0 bridgehead atoms. The van der Waals surface area contributed by atoms with Crippen LogP contribution in [0.15, 0.2) is 35.9 Å². The number of aryl methyl sites for hydroxylation is 1. The van der Waals surface area contributed by atoms with Crippen molar-refractivity contribution in [1.29, 1.82) is 0 Å². The molecule has 2 aromatic heterocycles. The predicted molar refractivity (Wildman–Crippen MR) is 84.3 cm³/mol. The molecule has 2 aromatic rings. The first-order valence-electron chi connectivity index (χ1n) is 7.57. The van der Waals surface area contributed by atoms with E-state index in [9.17, 15) is 9.59 Å². The molecule has 0 amide bonds. The normalized spacial score (nSPS) is 18.4. The minimum Gasteiger partial charge on any atom is -0.294 e. The minimum absolute atomic E-state index is 0.0639. The van der Waals surface area contributed by atoms with Crippen LogP contribution >= 0.6 is 0 Å². The Morgan fingerprint density at radius 2 is 2.04 bits per heavy atom. The van der Waals surface area contributed by atoms with E-state index in [1.807, 2.05) is 13.8 Å².